The molecule has 28 heavy (non-hydrogen) atoms. The summed E-state index contributed by atoms with van der Waals surface area (Å²) < 4.78 is 16.7. The molecule has 1 aromatic heterocycles. The van der Waals surface area contributed by atoms with Crippen LogP contribution >= 0.6 is 24.8 Å². The van der Waals surface area contributed by atoms with E-state index < -0.39 is 0 Å². The van der Waals surface area contributed by atoms with Crippen LogP contribution in [0.3, 0.4) is 0 Å². The van der Waals surface area contributed by atoms with Crippen molar-refractivity contribution >= 4 is 30.7 Å². The Morgan fingerprint density at radius 3 is 2.61 bits per heavy atom. The van der Waals surface area contributed by atoms with E-state index >= 15 is 0 Å². The lowest BCUT2D eigenvalue weighted by atomic mass is 9.96. The van der Waals surface area contributed by atoms with Crippen LogP contribution in [0.1, 0.15) is 23.3 Å². The highest BCUT2D eigenvalue weighted by Gasteiger charge is 2.28. The Morgan fingerprint density at radius 1 is 1.18 bits per heavy atom. The number of benzene rings is 1. The molecule has 0 radical (unpaired) electrons. The zero-order chi connectivity index (χ0) is 17.9. The van der Waals surface area contributed by atoms with Crippen LogP contribution in [0.4, 0.5) is 0 Å². The van der Waals surface area contributed by atoms with Gasteiger partial charge in [-0.2, -0.15) is 0 Å². The maximum absolute atomic E-state index is 12.9. The zero-order valence-electron chi connectivity index (χ0n) is 15.7. The van der Waals surface area contributed by atoms with Crippen molar-refractivity contribution in [2.75, 3.05) is 39.9 Å². The summed E-state index contributed by atoms with van der Waals surface area (Å²) in [4.78, 5) is 19.0. The molecular formula is C19H25Cl2N3O4. The zero-order valence-corrected chi connectivity index (χ0v) is 17.3. The van der Waals surface area contributed by atoms with E-state index in [9.17, 15) is 4.79 Å². The number of halogens is 2. The van der Waals surface area contributed by atoms with Crippen molar-refractivity contribution in [3.05, 3.63) is 30.3 Å². The van der Waals surface area contributed by atoms with Gasteiger partial charge in [-0.25, -0.2) is 4.98 Å². The molecule has 0 unspecified atom stereocenters. The van der Waals surface area contributed by atoms with Crippen molar-refractivity contribution in [2.24, 2.45) is 5.92 Å². The number of nitrogens with zero attached hydrogens (tertiary/aromatic N) is 2. The van der Waals surface area contributed by atoms with Gasteiger partial charge in [-0.1, -0.05) is 0 Å². The first-order valence-corrected chi connectivity index (χ1v) is 9.03. The van der Waals surface area contributed by atoms with Crippen molar-refractivity contribution < 1.29 is 18.7 Å². The van der Waals surface area contributed by atoms with E-state index in [1.807, 2.05) is 30.1 Å². The monoisotopic (exact) mass is 429 g/mol. The molecule has 0 aliphatic carbocycles. The van der Waals surface area contributed by atoms with E-state index in [-0.39, 0.29) is 30.7 Å². The fourth-order valence-corrected chi connectivity index (χ4v) is 3.57. The number of carbonyl (C=O) groups excluding carboxylic acids is 1. The van der Waals surface area contributed by atoms with E-state index in [4.69, 9.17) is 13.9 Å². The minimum atomic E-state index is -0.0773. The van der Waals surface area contributed by atoms with Gasteiger partial charge in [-0.3, -0.25) is 4.79 Å². The topological polar surface area (TPSA) is 76.8 Å². The second kappa shape index (κ2) is 10.0. The summed E-state index contributed by atoms with van der Waals surface area (Å²) >= 11 is 0. The van der Waals surface area contributed by atoms with Crippen LogP contribution < -0.4 is 14.8 Å². The number of hydrogen-bond donors (Lipinski definition) is 1. The van der Waals surface area contributed by atoms with E-state index in [2.05, 4.69) is 10.3 Å². The fourth-order valence-electron chi connectivity index (χ4n) is 3.57. The van der Waals surface area contributed by atoms with E-state index in [1.165, 1.54) is 6.39 Å². The molecule has 7 nitrogen and oxygen atoms in total. The summed E-state index contributed by atoms with van der Waals surface area (Å²) in [7, 11) is 1.96. The lowest BCUT2D eigenvalue weighted by Crippen LogP contribution is -2.40. The highest BCUT2D eigenvalue weighted by Crippen LogP contribution is 2.35. The first-order chi connectivity index (χ1) is 12.8. The van der Waals surface area contributed by atoms with Gasteiger partial charge in [0.2, 0.25) is 0 Å². The molecule has 0 spiro atoms. The van der Waals surface area contributed by atoms with Gasteiger partial charge >= 0.3 is 0 Å². The second-order valence-electron chi connectivity index (χ2n) is 6.68. The number of nitrogens with one attached hydrogen (secondary N) is 1. The molecule has 2 aliphatic heterocycles. The Hall–Kier alpha value is -1.96. The number of rotatable bonds is 4. The van der Waals surface area contributed by atoms with E-state index in [0.29, 0.717) is 42.1 Å². The number of piperidine rings is 1. The molecule has 0 atom stereocenters. The average Bonchev–Trinajstić information content (AvgIpc) is 3.18. The standard InChI is InChI=1S/C19H23N3O4.2ClH/c1-20-11-13-4-6-22(7-5-13)19(23)17-18(26-12-21-17)14-2-3-15-16(10-14)25-9-8-24-15;;/h2-3,10,12-13,20H,4-9,11H2,1H3;2*1H. The number of ether oxygens (including phenoxy) is 2. The quantitative estimate of drug-likeness (QED) is 0.804. The van der Waals surface area contributed by atoms with Gasteiger partial charge in [0.1, 0.15) is 13.2 Å². The molecule has 1 amide bonds. The Morgan fingerprint density at radius 2 is 1.89 bits per heavy atom. The molecule has 1 fully saturated rings. The average molecular weight is 430 g/mol. The third-order valence-corrected chi connectivity index (χ3v) is 4.97. The summed E-state index contributed by atoms with van der Waals surface area (Å²) in [5.41, 5.74) is 1.12. The smallest absolute Gasteiger partial charge is 0.276 e. The van der Waals surface area contributed by atoms with Crippen molar-refractivity contribution in [2.45, 2.75) is 12.8 Å². The molecule has 1 saturated heterocycles. The number of likely N-dealkylation sites (tertiary alicyclic amines) is 1. The molecule has 1 aromatic carbocycles. The maximum atomic E-state index is 12.9. The molecule has 1 N–H and O–H groups in total. The number of carbonyl (C=O) groups is 1. The van der Waals surface area contributed by atoms with Gasteiger partial charge in [0.15, 0.2) is 29.3 Å². The number of hydrogen-bond acceptors (Lipinski definition) is 6. The SMILES string of the molecule is CNCC1CCN(C(=O)c2ncoc2-c2ccc3c(c2)OCCO3)CC1.Cl.Cl. The summed E-state index contributed by atoms with van der Waals surface area (Å²) in [5.74, 6) is 2.39. The lowest BCUT2D eigenvalue weighted by Gasteiger charge is -2.31. The van der Waals surface area contributed by atoms with Crippen LogP contribution in [-0.4, -0.2) is 55.7 Å². The molecule has 2 aliphatic rings. The van der Waals surface area contributed by atoms with Gasteiger partial charge in [0.05, 0.1) is 0 Å². The highest BCUT2D eigenvalue weighted by molar-refractivity contribution is 5.97. The van der Waals surface area contributed by atoms with E-state index in [0.717, 1.165) is 38.0 Å². The van der Waals surface area contributed by atoms with Crippen molar-refractivity contribution in [1.29, 1.82) is 0 Å². The van der Waals surface area contributed by atoms with E-state index in [1.54, 1.807) is 0 Å². The fraction of sp³-hybridized carbons (Fsp3) is 0.474. The van der Waals surface area contributed by atoms with Crippen LogP contribution in [0.2, 0.25) is 0 Å². The molecule has 0 bridgehead atoms. The van der Waals surface area contributed by atoms with Gasteiger partial charge in [0, 0.05) is 18.7 Å². The van der Waals surface area contributed by atoms with Crippen molar-refractivity contribution in [3.63, 3.8) is 0 Å². The predicted octanol–water partition coefficient (Wildman–Crippen LogP) is 3.03. The van der Waals surface area contributed by atoms with Crippen LogP contribution in [0, 0.1) is 5.92 Å². The largest absolute Gasteiger partial charge is 0.486 e. The van der Waals surface area contributed by atoms with Gasteiger partial charge in [0.25, 0.3) is 5.91 Å². The summed E-state index contributed by atoms with van der Waals surface area (Å²) in [6.07, 6.45) is 3.33. The summed E-state index contributed by atoms with van der Waals surface area (Å²) in [5, 5.41) is 3.21. The normalized spacial score (nSPS) is 16.1. The second-order valence-corrected chi connectivity index (χ2v) is 6.68. The van der Waals surface area contributed by atoms with Crippen LogP contribution in [0.25, 0.3) is 11.3 Å². The van der Waals surface area contributed by atoms with Gasteiger partial charge in [-0.05, 0) is 50.6 Å². The third kappa shape index (κ3) is 4.54. The Balaban J connectivity index is 0.00000140. The Labute approximate surface area is 176 Å². The predicted molar refractivity (Wildman–Crippen MR) is 110 cm³/mol. The first-order valence-electron chi connectivity index (χ1n) is 9.03. The van der Waals surface area contributed by atoms with Crippen LogP contribution in [0.15, 0.2) is 29.0 Å². The minimum absolute atomic E-state index is 0. The molecule has 3 heterocycles. The van der Waals surface area contributed by atoms with Gasteiger partial charge < -0.3 is 24.1 Å². The molecule has 4 rings (SSSR count). The summed E-state index contributed by atoms with van der Waals surface area (Å²) in [6.45, 7) is 3.55. The molecular weight excluding hydrogens is 405 g/mol. The minimum Gasteiger partial charge on any atom is -0.486 e. The van der Waals surface area contributed by atoms with Crippen molar-refractivity contribution in [3.8, 4) is 22.8 Å². The van der Waals surface area contributed by atoms with Crippen LogP contribution in [0.5, 0.6) is 11.5 Å². The molecule has 2 aromatic rings. The third-order valence-electron chi connectivity index (χ3n) is 4.97. The Kier molecular flexibility index (Phi) is 7.98. The number of fused-ring (bicyclic) bond motifs is 1. The van der Waals surface area contributed by atoms with Gasteiger partial charge in [-0.15, -0.1) is 24.8 Å². The van der Waals surface area contributed by atoms with Crippen molar-refractivity contribution in [1.82, 2.24) is 15.2 Å². The maximum Gasteiger partial charge on any atom is 0.276 e. The number of oxazole rings is 1. The molecule has 9 heteroatoms. The highest BCUT2D eigenvalue weighted by atomic mass is 35.5. The first kappa shape index (κ1) is 22.3. The Bertz CT molecular complexity index is 791. The summed E-state index contributed by atoms with van der Waals surface area (Å²) in [6, 6.07) is 5.54. The number of amides is 1. The van der Waals surface area contributed by atoms with Crippen LogP contribution in [-0.2, 0) is 0 Å². The lowest BCUT2D eigenvalue weighted by molar-refractivity contribution is 0.0686. The number of aromatic nitrogens is 1. The molecule has 0 saturated carbocycles. The molecule has 154 valence electrons.